The van der Waals surface area contributed by atoms with E-state index in [9.17, 15) is 14.7 Å². The first-order valence-corrected chi connectivity index (χ1v) is 9.94. The average Bonchev–Trinajstić information content (AvgIpc) is 2.73. The standard InChI is InChI=1S/C25H32O3/c1-8-20(24(27)28)23(26)14-19-11-17(5)22(25(6,7)9-2)13-18-10-15(3)16(4)12-21(18)19/h8,10,12,14,22H,5,9,11,13H2,1-4,6-7H3,(H,27,28)/b19-14+,20-8+. The smallest absolute Gasteiger partial charge is 0.339 e. The number of benzene rings is 1. The zero-order valence-electron chi connectivity index (χ0n) is 18.0. The summed E-state index contributed by atoms with van der Waals surface area (Å²) in [6.07, 6.45) is 5.38. The minimum absolute atomic E-state index is 0.0994. The molecule has 0 aromatic heterocycles. The molecule has 3 heteroatoms. The van der Waals surface area contributed by atoms with E-state index in [4.69, 9.17) is 0 Å². The Kier molecular flexibility index (Phi) is 6.48. The molecule has 1 aliphatic rings. The molecule has 0 fully saturated rings. The van der Waals surface area contributed by atoms with Gasteiger partial charge in [0.05, 0.1) is 0 Å². The molecule has 3 nitrogen and oxygen atoms in total. The lowest BCUT2D eigenvalue weighted by Gasteiger charge is -2.34. The van der Waals surface area contributed by atoms with Crippen molar-refractivity contribution in [3.05, 3.63) is 64.3 Å². The molecule has 1 aromatic rings. The van der Waals surface area contributed by atoms with E-state index in [1.54, 1.807) is 6.92 Å². The van der Waals surface area contributed by atoms with Crippen LogP contribution in [0.3, 0.4) is 0 Å². The van der Waals surface area contributed by atoms with Gasteiger partial charge in [0.1, 0.15) is 5.57 Å². The maximum Gasteiger partial charge on any atom is 0.339 e. The lowest BCUT2D eigenvalue weighted by molar-refractivity contribution is -0.134. The maximum atomic E-state index is 12.6. The van der Waals surface area contributed by atoms with Crippen LogP contribution in [0.1, 0.15) is 62.8 Å². The van der Waals surface area contributed by atoms with Crippen molar-refractivity contribution < 1.29 is 14.7 Å². The number of allylic oxidation sites excluding steroid dienone is 4. The Morgan fingerprint density at radius 1 is 1.25 bits per heavy atom. The fourth-order valence-electron chi connectivity index (χ4n) is 3.98. The van der Waals surface area contributed by atoms with Gasteiger partial charge in [-0.05, 0) is 78.8 Å². The lowest BCUT2D eigenvalue weighted by atomic mass is 9.70. The molecular formula is C25H32O3. The molecule has 1 atom stereocenters. The number of ketones is 1. The number of carbonyl (C=O) groups is 2. The molecule has 2 rings (SSSR count). The molecule has 28 heavy (non-hydrogen) atoms. The van der Waals surface area contributed by atoms with Gasteiger partial charge in [-0.1, -0.05) is 57.6 Å². The normalized spacial score (nSPS) is 19.4. The van der Waals surface area contributed by atoms with Crippen LogP contribution in [-0.2, 0) is 16.0 Å². The molecule has 0 amide bonds. The largest absolute Gasteiger partial charge is 0.478 e. The topological polar surface area (TPSA) is 54.4 Å². The Morgan fingerprint density at radius 3 is 2.39 bits per heavy atom. The number of hydrogen-bond donors (Lipinski definition) is 1. The Balaban J connectivity index is 2.65. The van der Waals surface area contributed by atoms with Crippen molar-refractivity contribution in [2.24, 2.45) is 11.3 Å². The second kappa shape index (κ2) is 8.30. The molecule has 0 heterocycles. The highest BCUT2D eigenvalue weighted by molar-refractivity contribution is 6.22. The van der Waals surface area contributed by atoms with E-state index in [1.165, 1.54) is 28.8 Å². The maximum absolute atomic E-state index is 12.6. The third-order valence-electron chi connectivity index (χ3n) is 6.34. The number of fused-ring (bicyclic) bond motifs is 1. The zero-order chi connectivity index (χ0) is 21.2. The van der Waals surface area contributed by atoms with E-state index < -0.39 is 11.8 Å². The molecule has 1 aliphatic carbocycles. The van der Waals surface area contributed by atoms with Gasteiger partial charge in [0, 0.05) is 0 Å². The molecule has 0 aliphatic heterocycles. The van der Waals surface area contributed by atoms with Gasteiger partial charge < -0.3 is 5.11 Å². The van der Waals surface area contributed by atoms with Gasteiger partial charge in [0.25, 0.3) is 0 Å². The Labute approximate surface area is 168 Å². The van der Waals surface area contributed by atoms with Gasteiger partial charge in [-0.2, -0.15) is 0 Å². The highest BCUT2D eigenvalue weighted by Gasteiger charge is 2.33. The first-order valence-electron chi connectivity index (χ1n) is 9.94. The van der Waals surface area contributed by atoms with Crippen LogP contribution in [0, 0.1) is 25.2 Å². The fourth-order valence-corrected chi connectivity index (χ4v) is 3.98. The van der Waals surface area contributed by atoms with Crippen molar-refractivity contribution in [3.63, 3.8) is 0 Å². The van der Waals surface area contributed by atoms with Crippen LogP contribution in [0.15, 0.2) is 42.0 Å². The van der Waals surface area contributed by atoms with Crippen molar-refractivity contribution >= 4 is 17.3 Å². The molecule has 0 radical (unpaired) electrons. The van der Waals surface area contributed by atoms with E-state index >= 15 is 0 Å². The summed E-state index contributed by atoms with van der Waals surface area (Å²) in [4.78, 5) is 24.0. The highest BCUT2D eigenvalue weighted by Crippen LogP contribution is 2.44. The average molecular weight is 381 g/mol. The number of carboxylic acids is 1. The summed E-state index contributed by atoms with van der Waals surface area (Å²) in [7, 11) is 0. The number of aliphatic carboxylic acids is 1. The van der Waals surface area contributed by atoms with Gasteiger partial charge in [-0.3, -0.25) is 4.79 Å². The van der Waals surface area contributed by atoms with Crippen LogP contribution < -0.4 is 0 Å². The molecule has 0 saturated carbocycles. The summed E-state index contributed by atoms with van der Waals surface area (Å²) in [6, 6.07) is 4.35. The second-order valence-electron chi connectivity index (χ2n) is 8.57. The summed E-state index contributed by atoms with van der Waals surface area (Å²) in [6.45, 7) is 16.9. The molecular weight excluding hydrogens is 348 g/mol. The number of hydrogen-bond acceptors (Lipinski definition) is 2. The van der Waals surface area contributed by atoms with E-state index in [1.807, 2.05) is 0 Å². The second-order valence-corrected chi connectivity index (χ2v) is 8.57. The van der Waals surface area contributed by atoms with E-state index in [-0.39, 0.29) is 11.0 Å². The summed E-state index contributed by atoms with van der Waals surface area (Å²) in [5.74, 6) is -1.35. The van der Waals surface area contributed by atoms with Crippen LogP contribution in [0.5, 0.6) is 0 Å². The molecule has 0 bridgehead atoms. The number of carbonyl (C=O) groups excluding carboxylic acids is 1. The third-order valence-corrected chi connectivity index (χ3v) is 6.34. The molecule has 1 unspecified atom stereocenters. The first-order chi connectivity index (χ1) is 13.0. The number of rotatable bonds is 5. The van der Waals surface area contributed by atoms with E-state index in [2.05, 4.69) is 53.3 Å². The van der Waals surface area contributed by atoms with Crippen molar-refractivity contribution in [2.75, 3.05) is 0 Å². The van der Waals surface area contributed by atoms with Crippen LogP contribution >= 0.6 is 0 Å². The molecule has 1 aromatic carbocycles. The first kappa shape index (κ1) is 21.9. The molecule has 0 spiro atoms. The van der Waals surface area contributed by atoms with Crippen LogP contribution in [-0.4, -0.2) is 16.9 Å². The summed E-state index contributed by atoms with van der Waals surface area (Å²) in [5.41, 5.74) is 6.53. The predicted octanol–water partition coefficient (Wildman–Crippen LogP) is 5.84. The third kappa shape index (κ3) is 4.35. The minimum Gasteiger partial charge on any atom is -0.478 e. The van der Waals surface area contributed by atoms with Gasteiger partial charge in [-0.15, -0.1) is 0 Å². The monoisotopic (exact) mass is 380 g/mol. The van der Waals surface area contributed by atoms with E-state index in [0.717, 1.165) is 29.6 Å². The van der Waals surface area contributed by atoms with Gasteiger partial charge in [-0.25, -0.2) is 4.79 Å². The fraction of sp³-hybridized carbons (Fsp3) is 0.440. The zero-order valence-corrected chi connectivity index (χ0v) is 18.0. The van der Waals surface area contributed by atoms with Crippen molar-refractivity contribution in [1.29, 1.82) is 0 Å². The number of aryl methyl sites for hydroxylation is 2. The van der Waals surface area contributed by atoms with Gasteiger partial charge in [0.15, 0.2) is 5.78 Å². The SMILES string of the molecule is C=C1C/C(=C\C(=O)/C(=C\C)C(=O)O)c2cc(C)c(C)cc2CC1C(C)(C)CC. The molecule has 150 valence electrons. The minimum atomic E-state index is -1.19. The lowest BCUT2D eigenvalue weighted by Crippen LogP contribution is -2.26. The summed E-state index contributed by atoms with van der Waals surface area (Å²) >= 11 is 0. The van der Waals surface area contributed by atoms with Crippen molar-refractivity contribution in [1.82, 2.24) is 0 Å². The molecule has 0 saturated heterocycles. The number of carboxylic acid groups (broad SMARTS) is 1. The predicted molar refractivity (Wildman–Crippen MR) is 115 cm³/mol. The Bertz CT molecular complexity index is 881. The molecule has 1 N–H and O–H groups in total. The van der Waals surface area contributed by atoms with Gasteiger partial charge in [0.2, 0.25) is 0 Å². The van der Waals surface area contributed by atoms with Gasteiger partial charge >= 0.3 is 5.97 Å². The summed E-state index contributed by atoms with van der Waals surface area (Å²) in [5, 5.41) is 9.30. The van der Waals surface area contributed by atoms with Crippen LogP contribution in [0.4, 0.5) is 0 Å². The summed E-state index contributed by atoms with van der Waals surface area (Å²) < 4.78 is 0. The Morgan fingerprint density at radius 2 is 1.86 bits per heavy atom. The van der Waals surface area contributed by atoms with Crippen LogP contribution in [0.2, 0.25) is 0 Å². The Hall–Kier alpha value is -2.42. The quantitative estimate of drug-likeness (QED) is 0.229. The van der Waals surface area contributed by atoms with Crippen LogP contribution in [0.25, 0.3) is 5.57 Å². The van der Waals surface area contributed by atoms with Crippen molar-refractivity contribution in [3.8, 4) is 0 Å². The van der Waals surface area contributed by atoms with Crippen molar-refractivity contribution in [2.45, 2.75) is 60.8 Å². The van der Waals surface area contributed by atoms with E-state index in [0.29, 0.717) is 12.3 Å². The highest BCUT2D eigenvalue weighted by atomic mass is 16.4.